The molecule has 1 atom stereocenters. The number of hydrogen-bond acceptors (Lipinski definition) is 4. The number of pyridine rings is 2. The molecule has 2 aromatic heterocycles. The van der Waals surface area contributed by atoms with E-state index in [1.807, 2.05) is 25.1 Å². The van der Waals surface area contributed by atoms with Crippen LogP contribution >= 0.6 is 0 Å². The summed E-state index contributed by atoms with van der Waals surface area (Å²) in [5, 5.41) is 2.87. The van der Waals surface area contributed by atoms with E-state index < -0.39 is 0 Å². The summed E-state index contributed by atoms with van der Waals surface area (Å²) in [5.74, 6) is 5.30. The van der Waals surface area contributed by atoms with Gasteiger partial charge in [-0.15, -0.1) is 0 Å². The van der Waals surface area contributed by atoms with E-state index in [4.69, 9.17) is 5.73 Å². The number of nitrogens with one attached hydrogen (secondary N) is 1. The molecule has 2 heterocycles. The van der Waals surface area contributed by atoms with E-state index in [2.05, 4.69) is 27.1 Å². The Morgan fingerprint density at radius 2 is 2.10 bits per heavy atom. The third-order valence-corrected chi connectivity index (χ3v) is 2.83. The van der Waals surface area contributed by atoms with Crippen molar-refractivity contribution in [3.63, 3.8) is 0 Å². The maximum absolute atomic E-state index is 12.3. The molecule has 0 aliphatic rings. The molecule has 5 nitrogen and oxygen atoms in total. The van der Waals surface area contributed by atoms with Crippen molar-refractivity contribution >= 4 is 5.91 Å². The molecule has 0 fully saturated rings. The van der Waals surface area contributed by atoms with Crippen molar-refractivity contribution in [3.8, 4) is 11.8 Å². The van der Waals surface area contributed by atoms with Gasteiger partial charge in [0.2, 0.25) is 0 Å². The van der Waals surface area contributed by atoms with Gasteiger partial charge in [0, 0.05) is 12.4 Å². The highest BCUT2D eigenvalue weighted by Crippen LogP contribution is 2.10. The lowest BCUT2D eigenvalue weighted by molar-refractivity contribution is 0.0934. The fourth-order valence-corrected chi connectivity index (χ4v) is 1.80. The summed E-state index contributed by atoms with van der Waals surface area (Å²) >= 11 is 0. The first kappa shape index (κ1) is 14.7. The van der Waals surface area contributed by atoms with Gasteiger partial charge < -0.3 is 11.1 Å². The molecule has 2 rings (SSSR count). The molecule has 0 aliphatic heterocycles. The quantitative estimate of drug-likeness (QED) is 0.830. The van der Waals surface area contributed by atoms with Crippen molar-refractivity contribution in [3.05, 3.63) is 59.7 Å². The van der Waals surface area contributed by atoms with E-state index in [0.717, 1.165) is 5.69 Å². The predicted octanol–water partition coefficient (Wildman–Crippen LogP) is 1.28. The molecule has 106 valence electrons. The second-order valence-corrected chi connectivity index (χ2v) is 4.36. The molecule has 3 N–H and O–H groups in total. The van der Waals surface area contributed by atoms with Gasteiger partial charge in [-0.2, -0.15) is 0 Å². The summed E-state index contributed by atoms with van der Waals surface area (Å²) < 4.78 is 0. The van der Waals surface area contributed by atoms with Crippen LogP contribution in [0.3, 0.4) is 0 Å². The van der Waals surface area contributed by atoms with Gasteiger partial charge >= 0.3 is 0 Å². The van der Waals surface area contributed by atoms with Gasteiger partial charge in [0.15, 0.2) is 0 Å². The first-order valence-corrected chi connectivity index (χ1v) is 6.58. The molecular formula is C16H16N4O. The van der Waals surface area contributed by atoms with Crippen molar-refractivity contribution in [1.29, 1.82) is 0 Å². The van der Waals surface area contributed by atoms with Crippen molar-refractivity contribution in [2.75, 3.05) is 6.54 Å². The maximum Gasteiger partial charge on any atom is 0.271 e. The zero-order valence-corrected chi connectivity index (χ0v) is 11.7. The number of carbonyl (C=O) groups excluding carboxylic acids is 1. The summed E-state index contributed by atoms with van der Waals surface area (Å²) in [6, 6.07) is 8.84. The van der Waals surface area contributed by atoms with E-state index in [1.165, 1.54) is 0 Å². The zero-order valence-electron chi connectivity index (χ0n) is 11.7. The highest BCUT2D eigenvalue weighted by Gasteiger charge is 2.15. The largest absolute Gasteiger partial charge is 0.343 e. The molecule has 0 aliphatic carbocycles. The summed E-state index contributed by atoms with van der Waals surface area (Å²) in [4.78, 5) is 20.6. The topological polar surface area (TPSA) is 80.9 Å². The lowest BCUT2D eigenvalue weighted by Gasteiger charge is -2.13. The smallest absolute Gasteiger partial charge is 0.271 e. The van der Waals surface area contributed by atoms with Crippen LogP contribution in [0.15, 0.2) is 42.7 Å². The van der Waals surface area contributed by atoms with Crippen LogP contribution in [-0.2, 0) is 0 Å². The van der Waals surface area contributed by atoms with Crippen LogP contribution in [0.2, 0.25) is 0 Å². The van der Waals surface area contributed by atoms with Gasteiger partial charge in [0.1, 0.15) is 5.69 Å². The number of aromatic nitrogens is 2. The minimum absolute atomic E-state index is 0.212. The van der Waals surface area contributed by atoms with Crippen LogP contribution in [0.25, 0.3) is 0 Å². The molecule has 2 aromatic rings. The van der Waals surface area contributed by atoms with Crippen LogP contribution in [0.1, 0.15) is 34.7 Å². The molecular weight excluding hydrogens is 264 g/mol. The third-order valence-electron chi connectivity index (χ3n) is 2.83. The first-order valence-electron chi connectivity index (χ1n) is 6.58. The van der Waals surface area contributed by atoms with Gasteiger partial charge in [0.05, 0.1) is 23.8 Å². The standard InChI is InChI=1S/C16H16N4O/c1-12(14-8-2-3-10-18-14)20-16(21)15-13(6-4-9-17)7-5-11-19-15/h2-3,5,7-8,10-12H,9,17H2,1H3,(H,20,21). The average molecular weight is 280 g/mol. The predicted molar refractivity (Wildman–Crippen MR) is 80.3 cm³/mol. The van der Waals surface area contributed by atoms with Crippen molar-refractivity contribution in [1.82, 2.24) is 15.3 Å². The Labute approximate surface area is 123 Å². The highest BCUT2D eigenvalue weighted by molar-refractivity contribution is 5.94. The molecule has 1 unspecified atom stereocenters. The van der Waals surface area contributed by atoms with Crippen molar-refractivity contribution < 1.29 is 4.79 Å². The summed E-state index contributed by atoms with van der Waals surface area (Å²) in [7, 11) is 0. The Bertz CT molecular complexity index is 673. The van der Waals surface area contributed by atoms with E-state index in [0.29, 0.717) is 11.3 Å². The van der Waals surface area contributed by atoms with E-state index >= 15 is 0 Å². The van der Waals surface area contributed by atoms with Gasteiger partial charge in [-0.3, -0.25) is 9.78 Å². The minimum Gasteiger partial charge on any atom is -0.343 e. The summed E-state index contributed by atoms with van der Waals surface area (Å²) in [5.41, 5.74) is 7.00. The highest BCUT2D eigenvalue weighted by atomic mass is 16.1. The van der Waals surface area contributed by atoms with Gasteiger partial charge in [-0.05, 0) is 31.2 Å². The minimum atomic E-state index is -0.282. The molecule has 0 aromatic carbocycles. The fraction of sp³-hybridized carbons (Fsp3) is 0.188. The van der Waals surface area contributed by atoms with E-state index in [-0.39, 0.29) is 18.5 Å². The van der Waals surface area contributed by atoms with Crippen LogP contribution in [-0.4, -0.2) is 22.4 Å². The monoisotopic (exact) mass is 280 g/mol. The Hall–Kier alpha value is -2.71. The number of carbonyl (C=O) groups is 1. The van der Waals surface area contributed by atoms with Crippen LogP contribution in [0.5, 0.6) is 0 Å². The average Bonchev–Trinajstić information content (AvgIpc) is 2.54. The molecule has 21 heavy (non-hydrogen) atoms. The molecule has 0 radical (unpaired) electrons. The number of rotatable bonds is 3. The van der Waals surface area contributed by atoms with Gasteiger partial charge in [-0.25, -0.2) is 4.98 Å². The molecule has 0 spiro atoms. The van der Waals surface area contributed by atoms with E-state index in [1.54, 1.807) is 24.5 Å². The number of amides is 1. The Kier molecular flexibility index (Phi) is 5.02. The fourth-order valence-electron chi connectivity index (χ4n) is 1.80. The second kappa shape index (κ2) is 7.17. The molecule has 5 heteroatoms. The Morgan fingerprint density at radius 1 is 1.29 bits per heavy atom. The number of nitrogens with zero attached hydrogens (tertiary/aromatic N) is 2. The Balaban J connectivity index is 2.17. The molecule has 0 bridgehead atoms. The van der Waals surface area contributed by atoms with Gasteiger partial charge in [0.25, 0.3) is 5.91 Å². The lowest BCUT2D eigenvalue weighted by Crippen LogP contribution is -2.28. The zero-order chi connectivity index (χ0) is 15.1. The van der Waals surface area contributed by atoms with Crippen LogP contribution < -0.4 is 11.1 Å². The summed E-state index contributed by atoms with van der Waals surface area (Å²) in [6.45, 7) is 2.11. The normalized spacial score (nSPS) is 11.1. The van der Waals surface area contributed by atoms with Crippen molar-refractivity contribution in [2.45, 2.75) is 13.0 Å². The SMILES string of the molecule is CC(NC(=O)c1ncccc1C#CCN)c1ccccn1. The van der Waals surface area contributed by atoms with Gasteiger partial charge in [-0.1, -0.05) is 17.9 Å². The lowest BCUT2D eigenvalue weighted by atomic mass is 10.1. The third kappa shape index (κ3) is 3.88. The Morgan fingerprint density at radius 3 is 2.81 bits per heavy atom. The first-order chi connectivity index (χ1) is 10.2. The summed E-state index contributed by atoms with van der Waals surface area (Å²) in [6.07, 6.45) is 3.25. The number of nitrogens with two attached hydrogens (primary N) is 1. The maximum atomic E-state index is 12.3. The molecule has 0 saturated carbocycles. The molecule has 0 saturated heterocycles. The number of hydrogen-bond donors (Lipinski definition) is 2. The second-order valence-electron chi connectivity index (χ2n) is 4.36. The van der Waals surface area contributed by atoms with E-state index in [9.17, 15) is 4.79 Å². The molecule has 1 amide bonds. The van der Waals surface area contributed by atoms with Crippen LogP contribution in [0, 0.1) is 11.8 Å². The van der Waals surface area contributed by atoms with Crippen molar-refractivity contribution in [2.24, 2.45) is 5.73 Å². The van der Waals surface area contributed by atoms with Crippen LogP contribution in [0.4, 0.5) is 0 Å².